The molecule has 1 aromatic rings. The van der Waals surface area contributed by atoms with Crippen molar-refractivity contribution in [3.05, 3.63) is 23.3 Å². The molecule has 2 aliphatic heterocycles. The van der Waals surface area contributed by atoms with Gasteiger partial charge < -0.3 is 24.8 Å². The van der Waals surface area contributed by atoms with Crippen LogP contribution in [0.15, 0.2) is 12.1 Å². The number of carbonyl (C=O) groups is 1. The molecule has 0 radical (unpaired) electrons. The minimum atomic E-state index is -0.267. The molecule has 2 fully saturated rings. The fourth-order valence-corrected chi connectivity index (χ4v) is 4.60. The fourth-order valence-electron chi connectivity index (χ4n) is 4.60. The van der Waals surface area contributed by atoms with Gasteiger partial charge in [-0.15, -0.1) is 0 Å². The van der Waals surface area contributed by atoms with Crippen LogP contribution in [0.1, 0.15) is 84.8 Å². The molecule has 0 aromatic heterocycles. The van der Waals surface area contributed by atoms with Crippen LogP contribution < -0.4 is 10.1 Å². The van der Waals surface area contributed by atoms with E-state index in [1.165, 1.54) is 0 Å². The largest absolute Gasteiger partial charge is 0.507 e. The number of amides is 1. The molecule has 180 valence electrons. The molecule has 0 saturated carbocycles. The molecular weight excluding hydrogens is 404 g/mol. The SMILES string of the molecule is CC(C)(C)c1cc(OCCCCCN2CCC3(CC2)CNC(=O)O3)cc(C(C)(C)C)c1O. The molecule has 0 unspecified atom stereocenters. The van der Waals surface area contributed by atoms with Gasteiger partial charge in [-0.1, -0.05) is 41.5 Å². The molecule has 1 amide bonds. The Labute approximate surface area is 193 Å². The Morgan fingerprint density at radius 2 is 1.62 bits per heavy atom. The molecule has 2 N–H and O–H groups in total. The Morgan fingerprint density at radius 1 is 1.03 bits per heavy atom. The topological polar surface area (TPSA) is 71.0 Å². The molecule has 1 spiro atoms. The summed E-state index contributed by atoms with van der Waals surface area (Å²) in [5, 5.41) is 13.6. The number of unbranched alkanes of at least 4 members (excludes halogenated alkanes) is 2. The van der Waals surface area contributed by atoms with Crippen LogP contribution in [-0.2, 0) is 15.6 Å². The number of likely N-dealkylation sites (tertiary alicyclic amines) is 1. The van der Waals surface area contributed by atoms with E-state index in [9.17, 15) is 9.90 Å². The van der Waals surface area contributed by atoms with Crippen LogP contribution >= 0.6 is 0 Å². The lowest BCUT2D eigenvalue weighted by Gasteiger charge is -2.37. The van der Waals surface area contributed by atoms with Gasteiger partial charge in [-0.3, -0.25) is 0 Å². The quantitative estimate of drug-likeness (QED) is 0.570. The number of nitrogens with one attached hydrogen (secondary N) is 1. The third-order valence-corrected chi connectivity index (χ3v) is 6.72. The van der Waals surface area contributed by atoms with Gasteiger partial charge in [-0.2, -0.15) is 0 Å². The highest BCUT2D eigenvalue weighted by Crippen LogP contribution is 2.41. The lowest BCUT2D eigenvalue weighted by molar-refractivity contribution is 0.000599. The molecule has 1 aromatic carbocycles. The van der Waals surface area contributed by atoms with E-state index in [0.29, 0.717) is 18.9 Å². The average Bonchev–Trinajstić information content (AvgIpc) is 3.05. The van der Waals surface area contributed by atoms with Crippen LogP contribution in [0.3, 0.4) is 0 Å². The number of aromatic hydroxyl groups is 1. The summed E-state index contributed by atoms with van der Waals surface area (Å²) in [6.45, 7) is 17.1. The molecule has 6 heteroatoms. The van der Waals surface area contributed by atoms with Crippen molar-refractivity contribution in [1.82, 2.24) is 10.2 Å². The third kappa shape index (κ3) is 6.09. The Kier molecular flexibility index (Phi) is 7.33. The predicted octanol–water partition coefficient (Wildman–Crippen LogP) is 5.11. The average molecular weight is 447 g/mol. The summed E-state index contributed by atoms with van der Waals surface area (Å²) in [6, 6.07) is 4.00. The van der Waals surface area contributed by atoms with Crippen LogP contribution in [0.2, 0.25) is 0 Å². The Balaban J connectivity index is 1.42. The maximum Gasteiger partial charge on any atom is 0.407 e. The van der Waals surface area contributed by atoms with Gasteiger partial charge in [-0.25, -0.2) is 4.79 Å². The van der Waals surface area contributed by atoms with E-state index in [1.54, 1.807) is 0 Å². The second-order valence-corrected chi connectivity index (χ2v) is 11.5. The van der Waals surface area contributed by atoms with E-state index >= 15 is 0 Å². The van der Waals surface area contributed by atoms with Crippen molar-refractivity contribution in [2.24, 2.45) is 0 Å². The summed E-state index contributed by atoms with van der Waals surface area (Å²) in [6.07, 6.45) is 4.84. The summed E-state index contributed by atoms with van der Waals surface area (Å²) in [5.41, 5.74) is 1.31. The smallest absolute Gasteiger partial charge is 0.407 e. The standard InChI is InChI=1S/C26H42N2O4/c1-24(2,3)20-16-19(17-21(22(20)29)25(4,5)6)31-15-9-7-8-12-28-13-10-26(11-14-28)18-27-23(30)32-26/h16-17,29H,7-15,18H2,1-6H3,(H,27,30). The molecular formula is C26H42N2O4. The van der Waals surface area contributed by atoms with E-state index in [1.807, 2.05) is 12.1 Å². The van der Waals surface area contributed by atoms with Crippen molar-refractivity contribution in [3.8, 4) is 11.5 Å². The summed E-state index contributed by atoms with van der Waals surface area (Å²) in [5.74, 6) is 1.24. The fraction of sp³-hybridized carbons (Fsp3) is 0.731. The van der Waals surface area contributed by atoms with E-state index in [-0.39, 0.29) is 22.5 Å². The molecule has 32 heavy (non-hydrogen) atoms. The number of phenols is 1. The number of alkyl carbamates (subject to hydrolysis) is 1. The maximum absolute atomic E-state index is 11.4. The first-order valence-electron chi connectivity index (χ1n) is 12.1. The van der Waals surface area contributed by atoms with Gasteiger partial charge in [0.1, 0.15) is 17.1 Å². The van der Waals surface area contributed by atoms with Gasteiger partial charge >= 0.3 is 6.09 Å². The van der Waals surface area contributed by atoms with Gasteiger partial charge in [0.15, 0.2) is 0 Å². The van der Waals surface area contributed by atoms with Crippen LogP contribution in [0.5, 0.6) is 11.5 Å². The van der Waals surface area contributed by atoms with E-state index in [2.05, 4.69) is 51.8 Å². The number of phenolic OH excluding ortho intramolecular Hbond substituents is 1. The van der Waals surface area contributed by atoms with Gasteiger partial charge in [0.05, 0.1) is 13.2 Å². The van der Waals surface area contributed by atoms with Gasteiger partial charge in [0.2, 0.25) is 0 Å². The summed E-state index contributed by atoms with van der Waals surface area (Å²) in [7, 11) is 0. The number of rotatable bonds is 7. The third-order valence-electron chi connectivity index (χ3n) is 6.72. The number of benzene rings is 1. The van der Waals surface area contributed by atoms with Crippen molar-refractivity contribution in [1.29, 1.82) is 0 Å². The number of carbonyl (C=O) groups excluding carboxylic acids is 1. The minimum Gasteiger partial charge on any atom is -0.507 e. The predicted molar refractivity (Wildman–Crippen MR) is 128 cm³/mol. The highest BCUT2D eigenvalue weighted by atomic mass is 16.6. The second-order valence-electron chi connectivity index (χ2n) is 11.5. The van der Waals surface area contributed by atoms with E-state index in [4.69, 9.17) is 9.47 Å². The zero-order valence-corrected chi connectivity index (χ0v) is 20.8. The van der Waals surface area contributed by atoms with Crippen molar-refractivity contribution in [2.75, 3.05) is 32.8 Å². The molecule has 6 nitrogen and oxygen atoms in total. The molecule has 2 saturated heterocycles. The Hall–Kier alpha value is -1.95. The van der Waals surface area contributed by atoms with Crippen LogP contribution in [0.4, 0.5) is 4.79 Å². The first kappa shape index (κ1) is 24.7. The van der Waals surface area contributed by atoms with Crippen molar-refractivity contribution in [3.63, 3.8) is 0 Å². The zero-order chi connectivity index (χ0) is 23.6. The maximum atomic E-state index is 11.4. The summed E-state index contributed by atoms with van der Waals surface area (Å²) >= 11 is 0. The molecule has 2 aliphatic rings. The van der Waals surface area contributed by atoms with Gasteiger partial charge in [0, 0.05) is 37.1 Å². The van der Waals surface area contributed by atoms with Crippen LogP contribution in [-0.4, -0.2) is 54.5 Å². The van der Waals surface area contributed by atoms with Crippen LogP contribution in [0, 0.1) is 0 Å². The first-order valence-corrected chi connectivity index (χ1v) is 12.1. The van der Waals surface area contributed by atoms with Gasteiger partial charge in [-0.05, 0) is 48.8 Å². The number of ether oxygens (including phenoxy) is 2. The van der Waals surface area contributed by atoms with Crippen molar-refractivity contribution in [2.45, 2.75) is 90.1 Å². The van der Waals surface area contributed by atoms with Gasteiger partial charge in [0.25, 0.3) is 0 Å². The molecule has 0 bridgehead atoms. The lowest BCUT2D eigenvalue weighted by Crippen LogP contribution is -2.46. The van der Waals surface area contributed by atoms with Crippen molar-refractivity contribution >= 4 is 6.09 Å². The molecule has 3 rings (SSSR count). The molecule has 0 aliphatic carbocycles. The van der Waals surface area contributed by atoms with E-state index < -0.39 is 0 Å². The van der Waals surface area contributed by atoms with Crippen LogP contribution in [0.25, 0.3) is 0 Å². The number of nitrogens with zero attached hydrogens (tertiary/aromatic N) is 1. The Morgan fingerprint density at radius 3 is 2.12 bits per heavy atom. The lowest BCUT2D eigenvalue weighted by atomic mass is 9.79. The Bertz CT molecular complexity index is 764. The minimum absolute atomic E-state index is 0.149. The zero-order valence-electron chi connectivity index (χ0n) is 20.8. The highest BCUT2D eigenvalue weighted by Gasteiger charge is 2.42. The normalized spacial score (nSPS) is 19.1. The van der Waals surface area contributed by atoms with Crippen molar-refractivity contribution < 1.29 is 19.4 Å². The first-order chi connectivity index (χ1) is 14.9. The number of hydrogen-bond acceptors (Lipinski definition) is 5. The number of piperidine rings is 1. The molecule has 0 atom stereocenters. The summed E-state index contributed by atoms with van der Waals surface area (Å²) in [4.78, 5) is 13.8. The second kappa shape index (κ2) is 9.50. The van der Waals surface area contributed by atoms with E-state index in [0.717, 1.165) is 68.6 Å². The molecule has 2 heterocycles. The highest BCUT2D eigenvalue weighted by molar-refractivity contribution is 5.70. The monoisotopic (exact) mass is 446 g/mol. The summed E-state index contributed by atoms with van der Waals surface area (Å²) < 4.78 is 11.6. The number of hydrogen-bond donors (Lipinski definition) is 2.